The monoisotopic (exact) mass is 487 g/mol. The maximum absolute atomic E-state index is 13.1. The van der Waals surface area contributed by atoms with Crippen LogP contribution < -0.4 is 10.6 Å². The number of aromatic nitrogens is 2. The fourth-order valence-electron chi connectivity index (χ4n) is 4.57. The molecule has 1 aliphatic carbocycles. The van der Waals surface area contributed by atoms with Gasteiger partial charge in [-0.05, 0) is 66.6 Å². The van der Waals surface area contributed by atoms with Gasteiger partial charge in [0, 0.05) is 22.9 Å². The lowest BCUT2D eigenvalue weighted by Crippen LogP contribution is -2.18. The number of benzene rings is 2. The molecule has 2 aliphatic rings. The first kappa shape index (κ1) is 21.3. The molecule has 4 aromatic rings. The second kappa shape index (κ2) is 8.81. The highest BCUT2D eigenvalue weighted by Crippen LogP contribution is 2.33. The molecule has 0 bridgehead atoms. The van der Waals surface area contributed by atoms with Gasteiger partial charge in [-0.3, -0.25) is 9.80 Å². The minimum atomic E-state index is -0.0848. The third-order valence-electron chi connectivity index (χ3n) is 6.36. The molecule has 0 unspecified atom stereocenters. The molecular formula is C26H22ClN5OS. The summed E-state index contributed by atoms with van der Waals surface area (Å²) < 4.78 is 1.35. The Labute approximate surface area is 205 Å². The SMILES string of the molecule is O=c1c2c3c(sc2ncn1N=Cc1ccc(N2CCC(c4ccc(Cl)cc4)=N2)cc1)CCCC3. The lowest BCUT2D eigenvalue weighted by molar-refractivity contribution is 0.699. The fourth-order valence-corrected chi connectivity index (χ4v) is 5.91. The molecular weight excluding hydrogens is 466 g/mol. The number of fused-ring (bicyclic) bond motifs is 3. The zero-order valence-corrected chi connectivity index (χ0v) is 20.0. The van der Waals surface area contributed by atoms with E-state index in [1.807, 2.05) is 53.5 Å². The average Bonchev–Trinajstić information content (AvgIpc) is 3.50. The maximum Gasteiger partial charge on any atom is 0.282 e. The first-order valence-electron chi connectivity index (χ1n) is 11.4. The van der Waals surface area contributed by atoms with Gasteiger partial charge >= 0.3 is 0 Å². The van der Waals surface area contributed by atoms with E-state index in [0.717, 1.165) is 70.0 Å². The predicted octanol–water partition coefficient (Wildman–Crippen LogP) is 5.49. The van der Waals surface area contributed by atoms with Crippen LogP contribution in [0.1, 0.15) is 40.8 Å². The van der Waals surface area contributed by atoms with Crippen LogP contribution in [0.25, 0.3) is 10.2 Å². The average molecular weight is 488 g/mol. The highest BCUT2D eigenvalue weighted by atomic mass is 35.5. The first-order chi connectivity index (χ1) is 16.7. The van der Waals surface area contributed by atoms with Crippen LogP contribution in [0.4, 0.5) is 5.69 Å². The van der Waals surface area contributed by atoms with E-state index in [2.05, 4.69) is 10.1 Å². The Morgan fingerprint density at radius 1 is 1.00 bits per heavy atom. The highest BCUT2D eigenvalue weighted by molar-refractivity contribution is 7.18. The number of aryl methyl sites for hydroxylation is 2. The van der Waals surface area contributed by atoms with Crippen molar-refractivity contribution in [2.75, 3.05) is 11.6 Å². The smallest absolute Gasteiger partial charge is 0.267 e. The van der Waals surface area contributed by atoms with Gasteiger partial charge in [-0.15, -0.1) is 11.3 Å². The topological polar surface area (TPSA) is 62.9 Å². The quantitative estimate of drug-likeness (QED) is 0.358. The third-order valence-corrected chi connectivity index (χ3v) is 7.81. The molecule has 0 spiro atoms. The standard InChI is InChI=1S/C26H22ClN5OS/c27-19-9-7-18(8-10-19)22-13-14-31(30-22)20-11-5-17(6-12-20)15-29-32-16-28-25-24(26(32)33)21-3-1-2-4-23(21)34-25/h5-12,15-16H,1-4,13-14H2. The minimum Gasteiger partial charge on any atom is -0.267 e. The Balaban J connectivity index is 1.21. The van der Waals surface area contributed by atoms with Crippen molar-refractivity contribution >= 4 is 50.8 Å². The Morgan fingerprint density at radius 2 is 1.79 bits per heavy atom. The number of halogens is 1. The zero-order chi connectivity index (χ0) is 23.1. The summed E-state index contributed by atoms with van der Waals surface area (Å²) in [5.41, 5.74) is 5.18. The molecule has 2 aromatic carbocycles. The summed E-state index contributed by atoms with van der Waals surface area (Å²) in [7, 11) is 0. The summed E-state index contributed by atoms with van der Waals surface area (Å²) in [6, 6.07) is 15.8. The summed E-state index contributed by atoms with van der Waals surface area (Å²) in [5.74, 6) is 0. The number of anilines is 1. The molecule has 2 aromatic heterocycles. The molecule has 6 nitrogen and oxygen atoms in total. The fraction of sp³-hybridized carbons (Fsp3) is 0.231. The van der Waals surface area contributed by atoms with E-state index < -0.39 is 0 Å². The van der Waals surface area contributed by atoms with Gasteiger partial charge in [0.2, 0.25) is 0 Å². The van der Waals surface area contributed by atoms with Gasteiger partial charge in [0.25, 0.3) is 5.56 Å². The number of hydrogen-bond acceptors (Lipinski definition) is 6. The second-order valence-corrected chi connectivity index (χ2v) is 10.1. The van der Waals surface area contributed by atoms with Crippen molar-refractivity contribution < 1.29 is 0 Å². The molecule has 0 saturated carbocycles. The van der Waals surface area contributed by atoms with Crippen LogP contribution in [-0.2, 0) is 12.8 Å². The van der Waals surface area contributed by atoms with Gasteiger partial charge < -0.3 is 0 Å². The Kier molecular flexibility index (Phi) is 5.51. The number of rotatable bonds is 4. The van der Waals surface area contributed by atoms with Crippen molar-refractivity contribution in [3.8, 4) is 0 Å². The predicted molar refractivity (Wildman–Crippen MR) is 140 cm³/mol. The van der Waals surface area contributed by atoms with Crippen LogP contribution in [0.3, 0.4) is 0 Å². The molecule has 0 radical (unpaired) electrons. The largest absolute Gasteiger partial charge is 0.282 e. The van der Waals surface area contributed by atoms with Crippen LogP contribution >= 0.6 is 22.9 Å². The van der Waals surface area contributed by atoms with Gasteiger partial charge in [-0.1, -0.05) is 35.9 Å². The number of nitrogens with zero attached hydrogens (tertiary/aromatic N) is 5. The number of hydrogen-bond donors (Lipinski definition) is 0. The third kappa shape index (κ3) is 3.95. The first-order valence-corrected chi connectivity index (χ1v) is 12.6. The summed E-state index contributed by atoms with van der Waals surface area (Å²) in [6.45, 7) is 0.831. The molecule has 0 N–H and O–H groups in total. The van der Waals surface area contributed by atoms with E-state index in [1.165, 1.54) is 27.9 Å². The summed E-state index contributed by atoms with van der Waals surface area (Å²) in [5, 5.41) is 12.7. The molecule has 0 fully saturated rings. The van der Waals surface area contributed by atoms with Gasteiger partial charge in [0.15, 0.2) is 0 Å². The molecule has 1 aliphatic heterocycles. The van der Waals surface area contributed by atoms with Crippen LogP contribution in [0.5, 0.6) is 0 Å². The van der Waals surface area contributed by atoms with E-state index in [-0.39, 0.29) is 5.56 Å². The van der Waals surface area contributed by atoms with Crippen molar-refractivity contribution in [1.82, 2.24) is 9.66 Å². The van der Waals surface area contributed by atoms with Crippen molar-refractivity contribution in [2.24, 2.45) is 10.2 Å². The molecule has 170 valence electrons. The van der Waals surface area contributed by atoms with Gasteiger partial charge in [0.1, 0.15) is 11.2 Å². The normalized spacial score (nSPS) is 15.8. The molecule has 6 rings (SSSR count). The maximum atomic E-state index is 13.1. The van der Waals surface area contributed by atoms with Crippen molar-refractivity contribution in [3.05, 3.63) is 91.8 Å². The van der Waals surface area contributed by atoms with Crippen LogP contribution in [0, 0.1) is 0 Å². The van der Waals surface area contributed by atoms with Crippen LogP contribution in [0.2, 0.25) is 5.02 Å². The van der Waals surface area contributed by atoms with Crippen LogP contribution in [0.15, 0.2) is 69.9 Å². The molecule has 0 atom stereocenters. The number of hydrazone groups is 1. The lowest BCUT2D eigenvalue weighted by Gasteiger charge is -2.13. The van der Waals surface area contributed by atoms with E-state index in [0.29, 0.717) is 0 Å². The lowest BCUT2D eigenvalue weighted by atomic mass is 9.97. The summed E-state index contributed by atoms with van der Waals surface area (Å²) >= 11 is 7.65. The van der Waals surface area contributed by atoms with E-state index in [9.17, 15) is 4.79 Å². The van der Waals surface area contributed by atoms with Gasteiger partial charge in [-0.25, -0.2) is 4.98 Å². The number of thiophene rings is 1. The Morgan fingerprint density at radius 3 is 2.62 bits per heavy atom. The van der Waals surface area contributed by atoms with E-state index in [4.69, 9.17) is 16.7 Å². The van der Waals surface area contributed by atoms with Gasteiger partial charge in [0.05, 0.1) is 23.0 Å². The molecule has 0 amide bonds. The van der Waals surface area contributed by atoms with Crippen molar-refractivity contribution in [2.45, 2.75) is 32.1 Å². The summed E-state index contributed by atoms with van der Waals surface area (Å²) in [6.07, 6.45) is 8.43. The molecule has 0 saturated heterocycles. The highest BCUT2D eigenvalue weighted by Gasteiger charge is 2.20. The zero-order valence-electron chi connectivity index (χ0n) is 18.4. The molecule has 34 heavy (non-hydrogen) atoms. The molecule has 8 heteroatoms. The van der Waals surface area contributed by atoms with Crippen molar-refractivity contribution in [1.29, 1.82) is 0 Å². The van der Waals surface area contributed by atoms with E-state index in [1.54, 1.807) is 17.6 Å². The second-order valence-electron chi connectivity index (χ2n) is 8.55. The summed E-state index contributed by atoms with van der Waals surface area (Å²) in [4.78, 5) is 19.7. The molecule has 3 heterocycles. The minimum absolute atomic E-state index is 0.0848. The van der Waals surface area contributed by atoms with E-state index >= 15 is 0 Å². The van der Waals surface area contributed by atoms with Gasteiger partial charge in [-0.2, -0.15) is 14.9 Å². The Bertz CT molecular complexity index is 1480. The Hall–Kier alpha value is -3.29. The van der Waals surface area contributed by atoms with Crippen molar-refractivity contribution in [3.63, 3.8) is 0 Å². The van der Waals surface area contributed by atoms with Crippen LogP contribution in [-0.4, -0.2) is 28.1 Å².